The van der Waals surface area contributed by atoms with Gasteiger partial charge in [-0.3, -0.25) is 4.72 Å². The maximum Gasteiger partial charge on any atom is 0.316 e. The minimum Gasteiger partial charge on any atom is -0.472 e. The van der Waals surface area contributed by atoms with Crippen LogP contribution in [0.1, 0.15) is 31.9 Å². The van der Waals surface area contributed by atoms with Crippen molar-refractivity contribution >= 4 is 21.5 Å². The molecule has 11 heteroatoms. The molecule has 0 aliphatic carbocycles. The molecule has 0 bridgehead atoms. The van der Waals surface area contributed by atoms with Gasteiger partial charge in [0.15, 0.2) is 0 Å². The maximum atomic E-state index is 13.4. The number of ether oxygens (including phenoxy) is 2. The highest BCUT2D eigenvalue weighted by Gasteiger charge is 2.25. The Morgan fingerprint density at radius 3 is 2.16 bits per heavy atom. The van der Waals surface area contributed by atoms with Crippen molar-refractivity contribution < 1.29 is 17.9 Å². The summed E-state index contributed by atoms with van der Waals surface area (Å²) in [5.74, 6) is 0.547. The predicted octanol–water partition coefficient (Wildman–Crippen LogP) is 4.32. The summed E-state index contributed by atoms with van der Waals surface area (Å²) in [5.41, 5.74) is 9.32. The first-order valence-electron chi connectivity index (χ1n) is 12.0. The van der Waals surface area contributed by atoms with Crippen LogP contribution in [0, 0.1) is 6.92 Å². The van der Waals surface area contributed by atoms with Gasteiger partial charge in [0.1, 0.15) is 19.0 Å². The van der Waals surface area contributed by atoms with E-state index in [0.717, 1.165) is 16.7 Å². The Bertz CT molecular complexity index is 1490. The number of nitrogen functional groups attached to an aromatic ring is 1. The molecule has 0 aliphatic heterocycles. The highest BCUT2D eigenvalue weighted by Crippen LogP contribution is 2.38. The molecule has 0 unspecified atom stereocenters. The summed E-state index contributed by atoms with van der Waals surface area (Å²) in [6.45, 7) is 8.49. The highest BCUT2D eigenvalue weighted by molar-refractivity contribution is 7.92. The SMILES string of the molecule is Cc1ccc(-c2c(OCCOc3ncc(N)cn3)nn(C)c2NS(=O)(=O)c2ccc(C(C)(C)C)cc2)cc1. The highest BCUT2D eigenvalue weighted by atomic mass is 32.2. The van der Waals surface area contributed by atoms with E-state index in [0.29, 0.717) is 11.3 Å². The zero-order valence-corrected chi connectivity index (χ0v) is 22.9. The standard InChI is InChI=1S/C27H32N6O4S/c1-18-6-8-19(9-7-18)23-24(32-38(34,35)22-12-10-20(11-13-22)27(2,3)4)33(5)31-25(23)36-14-15-37-26-29-16-21(28)17-30-26/h6-13,16-17,32H,14-15,28H2,1-5H3. The van der Waals surface area contributed by atoms with E-state index in [1.807, 2.05) is 43.3 Å². The van der Waals surface area contributed by atoms with Crippen molar-refractivity contribution in [2.45, 2.75) is 38.0 Å². The van der Waals surface area contributed by atoms with E-state index in [1.165, 1.54) is 17.1 Å². The largest absolute Gasteiger partial charge is 0.472 e. The summed E-state index contributed by atoms with van der Waals surface area (Å²) in [7, 11) is -2.25. The van der Waals surface area contributed by atoms with Crippen molar-refractivity contribution in [3.63, 3.8) is 0 Å². The van der Waals surface area contributed by atoms with E-state index in [4.69, 9.17) is 15.2 Å². The van der Waals surface area contributed by atoms with Gasteiger partial charge < -0.3 is 15.2 Å². The Morgan fingerprint density at radius 2 is 1.55 bits per heavy atom. The van der Waals surface area contributed by atoms with Crippen molar-refractivity contribution in [1.82, 2.24) is 19.7 Å². The molecular formula is C27H32N6O4S. The van der Waals surface area contributed by atoms with Crippen molar-refractivity contribution in [1.29, 1.82) is 0 Å². The first kappa shape index (κ1) is 26.9. The topological polar surface area (TPSA) is 134 Å². The van der Waals surface area contributed by atoms with Crippen LogP contribution in [0.2, 0.25) is 0 Å². The second kappa shape index (κ2) is 10.7. The Labute approximate surface area is 222 Å². The van der Waals surface area contributed by atoms with Gasteiger partial charge in [0, 0.05) is 7.05 Å². The molecule has 2 aromatic heterocycles. The number of nitrogens with one attached hydrogen (secondary N) is 1. The third-order valence-corrected chi connectivity index (χ3v) is 7.17. The third-order valence-electron chi connectivity index (χ3n) is 5.82. The number of benzene rings is 2. The second-order valence-electron chi connectivity index (χ2n) is 9.89. The normalized spacial score (nSPS) is 11.8. The number of rotatable bonds is 9. The Hall–Kier alpha value is -4.12. The lowest BCUT2D eigenvalue weighted by molar-refractivity contribution is 0.201. The molecule has 0 amide bonds. The smallest absolute Gasteiger partial charge is 0.316 e. The number of anilines is 2. The zero-order valence-electron chi connectivity index (χ0n) is 22.1. The lowest BCUT2D eigenvalue weighted by Crippen LogP contribution is -2.17. The molecule has 0 aliphatic rings. The summed E-state index contributed by atoms with van der Waals surface area (Å²) in [6, 6.07) is 14.7. The second-order valence-corrected chi connectivity index (χ2v) is 11.6. The summed E-state index contributed by atoms with van der Waals surface area (Å²) in [5, 5.41) is 4.45. The molecule has 10 nitrogen and oxygen atoms in total. The molecule has 200 valence electrons. The fraction of sp³-hybridized carbons (Fsp3) is 0.296. The van der Waals surface area contributed by atoms with E-state index in [-0.39, 0.29) is 41.2 Å². The fourth-order valence-corrected chi connectivity index (χ4v) is 4.79. The van der Waals surface area contributed by atoms with Gasteiger partial charge in [0.25, 0.3) is 10.0 Å². The average molecular weight is 537 g/mol. The average Bonchev–Trinajstić information content (AvgIpc) is 3.17. The Kier molecular flexibility index (Phi) is 7.58. The quantitative estimate of drug-likeness (QED) is 0.302. The zero-order chi connectivity index (χ0) is 27.5. The van der Waals surface area contributed by atoms with Gasteiger partial charge in [0.2, 0.25) is 5.88 Å². The lowest BCUT2D eigenvalue weighted by Gasteiger charge is -2.19. The third kappa shape index (κ3) is 6.23. The molecule has 3 N–H and O–H groups in total. The summed E-state index contributed by atoms with van der Waals surface area (Å²) < 4.78 is 42.3. The molecule has 4 aromatic rings. The Balaban J connectivity index is 1.60. The van der Waals surface area contributed by atoms with Gasteiger partial charge in [0.05, 0.1) is 28.5 Å². The number of nitrogens with zero attached hydrogens (tertiary/aromatic N) is 4. The first-order valence-corrected chi connectivity index (χ1v) is 13.5. The van der Waals surface area contributed by atoms with E-state index < -0.39 is 10.0 Å². The maximum absolute atomic E-state index is 13.4. The molecule has 0 radical (unpaired) electrons. The van der Waals surface area contributed by atoms with Crippen LogP contribution in [0.4, 0.5) is 11.5 Å². The number of aromatic nitrogens is 4. The van der Waals surface area contributed by atoms with E-state index in [1.54, 1.807) is 19.2 Å². The number of aryl methyl sites for hydroxylation is 2. The molecular weight excluding hydrogens is 504 g/mol. The first-order chi connectivity index (χ1) is 17.9. The van der Waals surface area contributed by atoms with Gasteiger partial charge in [-0.2, -0.15) is 0 Å². The van der Waals surface area contributed by atoms with Crippen molar-refractivity contribution in [3.05, 3.63) is 72.1 Å². The molecule has 0 atom stereocenters. The summed E-state index contributed by atoms with van der Waals surface area (Å²) >= 11 is 0. The van der Waals surface area contributed by atoms with Crippen LogP contribution in [0.25, 0.3) is 11.1 Å². The number of hydrogen-bond donors (Lipinski definition) is 2. The molecule has 2 heterocycles. The summed E-state index contributed by atoms with van der Waals surface area (Å²) in [4.78, 5) is 8.14. The number of sulfonamides is 1. The Morgan fingerprint density at radius 1 is 0.947 bits per heavy atom. The lowest BCUT2D eigenvalue weighted by atomic mass is 9.87. The van der Waals surface area contributed by atoms with E-state index in [9.17, 15) is 8.42 Å². The monoisotopic (exact) mass is 536 g/mol. The van der Waals surface area contributed by atoms with E-state index >= 15 is 0 Å². The van der Waals surface area contributed by atoms with Crippen LogP contribution in [0.15, 0.2) is 65.8 Å². The molecule has 0 saturated heterocycles. The van der Waals surface area contributed by atoms with Crippen LogP contribution >= 0.6 is 0 Å². The van der Waals surface area contributed by atoms with Gasteiger partial charge in [-0.15, -0.1) is 5.10 Å². The van der Waals surface area contributed by atoms with Crippen LogP contribution in [-0.4, -0.2) is 41.4 Å². The molecule has 4 rings (SSSR count). The molecule has 0 fully saturated rings. The van der Waals surface area contributed by atoms with Gasteiger partial charge in [-0.25, -0.2) is 23.1 Å². The molecule has 2 aromatic carbocycles. The van der Waals surface area contributed by atoms with Gasteiger partial charge in [-0.05, 0) is 35.6 Å². The molecule has 0 saturated carbocycles. The summed E-state index contributed by atoms with van der Waals surface area (Å²) in [6.07, 6.45) is 2.90. The van der Waals surface area contributed by atoms with Crippen molar-refractivity contribution in [2.75, 3.05) is 23.7 Å². The van der Waals surface area contributed by atoms with Gasteiger partial charge >= 0.3 is 6.01 Å². The number of nitrogens with two attached hydrogens (primary N) is 1. The molecule has 0 spiro atoms. The predicted molar refractivity (Wildman–Crippen MR) is 147 cm³/mol. The molecule has 38 heavy (non-hydrogen) atoms. The van der Waals surface area contributed by atoms with Crippen molar-refractivity contribution in [3.8, 4) is 23.0 Å². The van der Waals surface area contributed by atoms with Crippen molar-refractivity contribution in [2.24, 2.45) is 7.05 Å². The van der Waals surface area contributed by atoms with Crippen LogP contribution < -0.4 is 19.9 Å². The van der Waals surface area contributed by atoms with E-state index in [2.05, 4.69) is 40.6 Å². The number of hydrogen-bond acceptors (Lipinski definition) is 8. The van der Waals surface area contributed by atoms with Crippen LogP contribution in [0.3, 0.4) is 0 Å². The van der Waals surface area contributed by atoms with Crippen LogP contribution in [-0.2, 0) is 22.5 Å². The fourth-order valence-electron chi connectivity index (χ4n) is 3.69. The minimum atomic E-state index is -3.91. The minimum absolute atomic E-state index is 0.0910. The van der Waals surface area contributed by atoms with Crippen LogP contribution in [0.5, 0.6) is 11.9 Å². The van der Waals surface area contributed by atoms with Gasteiger partial charge in [-0.1, -0.05) is 62.7 Å².